The van der Waals surface area contributed by atoms with Crippen molar-refractivity contribution in [2.75, 3.05) is 33.4 Å². The maximum atomic E-state index is 12.3. The molecular weight excluding hydrogens is 494 g/mol. The third kappa shape index (κ3) is 6.38. The molecule has 1 aromatic carbocycles. The van der Waals surface area contributed by atoms with Crippen LogP contribution >= 0.6 is 0 Å². The minimum absolute atomic E-state index is 0.212. The highest BCUT2D eigenvalue weighted by Gasteiger charge is 2.26. The Bertz CT molecular complexity index is 1340. The van der Waals surface area contributed by atoms with Crippen LogP contribution in [0.1, 0.15) is 42.9 Å². The van der Waals surface area contributed by atoms with E-state index < -0.39 is 6.04 Å². The number of rotatable bonds is 9. The fourth-order valence-electron chi connectivity index (χ4n) is 5.53. The van der Waals surface area contributed by atoms with E-state index in [1.54, 1.807) is 7.11 Å². The topological polar surface area (TPSA) is 97.7 Å². The Balaban J connectivity index is 1.44. The Morgan fingerprint density at radius 3 is 2.85 bits per heavy atom. The van der Waals surface area contributed by atoms with E-state index in [-0.39, 0.29) is 11.8 Å². The van der Waals surface area contributed by atoms with E-state index in [2.05, 4.69) is 63.6 Å². The molecule has 2 atom stereocenters. The van der Waals surface area contributed by atoms with Crippen LogP contribution in [0.3, 0.4) is 0 Å². The number of carbonyl (C=O) groups excluding carboxylic acids is 2. The summed E-state index contributed by atoms with van der Waals surface area (Å²) in [5.41, 5.74) is 6.26. The predicted molar refractivity (Wildman–Crippen MR) is 150 cm³/mol. The van der Waals surface area contributed by atoms with Crippen molar-refractivity contribution in [2.24, 2.45) is 13.0 Å². The minimum atomic E-state index is -0.393. The van der Waals surface area contributed by atoms with Gasteiger partial charge in [0.2, 0.25) is 11.8 Å². The Labute approximate surface area is 229 Å². The number of piperidine rings is 1. The molecule has 2 aliphatic rings. The van der Waals surface area contributed by atoms with E-state index in [1.807, 2.05) is 7.05 Å². The van der Waals surface area contributed by atoms with Gasteiger partial charge in [0.05, 0.1) is 31.6 Å². The molecule has 9 heteroatoms. The molecule has 0 saturated carbocycles. The van der Waals surface area contributed by atoms with Crippen molar-refractivity contribution in [2.45, 2.75) is 51.9 Å². The summed E-state index contributed by atoms with van der Waals surface area (Å²) >= 11 is 0. The second kappa shape index (κ2) is 12.4. The first kappa shape index (κ1) is 27.5. The standard InChI is InChI=1S/C30H39N5O4/c1-4-20-16-35(11-12-39-18-20)17-24-14-27(32-29-25(24)9-10-34(29)2)21-5-6-22(19-38-3)23(13-21)15-31-26-7-8-28(36)33-30(26)37/h5-6,9-10,13-14,20,26,31H,4,7-8,11-12,15-19H2,1-3H3,(H,33,36,37). The molecule has 9 nitrogen and oxygen atoms in total. The number of amides is 2. The Hall–Kier alpha value is -3.11. The summed E-state index contributed by atoms with van der Waals surface area (Å²) in [5.74, 6) is 0.0733. The molecule has 0 spiro atoms. The molecule has 0 bridgehead atoms. The number of hydrogen-bond donors (Lipinski definition) is 2. The summed E-state index contributed by atoms with van der Waals surface area (Å²) < 4.78 is 13.4. The van der Waals surface area contributed by atoms with Gasteiger partial charge in [-0.2, -0.15) is 0 Å². The van der Waals surface area contributed by atoms with E-state index in [9.17, 15) is 9.59 Å². The van der Waals surface area contributed by atoms with Crippen molar-refractivity contribution < 1.29 is 19.1 Å². The molecule has 5 rings (SSSR count). The van der Waals surface area contributed by atoms with Gasteiger partial charge in [0.15, 0.2) is 0 Å². The lowest BCUT2D eigenvalue weighted by Gasteiger charge is -2.23. The van der Waals surface area contributed by atoms with Gasteiger partial charge in [-0.05, 0) is 53.6 Å². The van der Waals surface area contributed by atoms with Gasteiger partial charge in [0.25, 0.3) is 0 Å². The van der Waals surface area contributed by atoms with E-state index >= 15 is 0 Å². The van der Waals surface area contributed by atoms with Gasteiger partial charge >= 0.3 is 0 Å². The lowest BCUT2D eigenvalue weighted by molar-refractivity contribution is -0.134. The zero-order valence-corrected chi connectivity index (χ0v) is 23.2. The molecule has 3 aromatic rings. The van der Waals surface area contributed by atoms with E-state index in [1.165, 1.54) is 10.9 Å². The van der Waals surface area contributed by atoms with Crippen molar-refractivity contribution in [1.82, 2.24) is 25.1 Å². The lowest BCUT2D eigenvalue weighted by Crippen LogP contribution is -2.50. The van der Waals surface area contributed by atoms with Crippen LogP contribution in [0.25, 0.3) is 22.3 Å². The van der Waals surface area contributed by atoms with Crippen LogP contribution < -0.4 is 10.6 Å². The van der Waals surface area contributed by atoms with Gasteiger partial charge in [0, 0.05) is 63.9 Å². The molecule has 2 saturated heterocycles. The highest BCUT2D eigenvalue weighted by atomic mass is 16.5. The zero-order chi connectivity index (χ0) is 27.4. The number of ether oxygens (including phenoxy) is 2. The molecule has 208 valence electrons. The minimum Gasteiger partial charge on any atom is -0.380 e. The number of imide groups is 1. The summed E-state index contributed by atoms with van der Waals surface area (Å²) in [6.07, 6.45) is 4.03. The third-order valence-electron chi connectivity index (χ3n) is 7.90. The monoisotopic (exact) mass is 533 g/mol. The first-order chi connectivity index (χ1) is 18.9. The van der Waals surface area contributed by atoms with Gasteiger partial charge in [-0.15, -0.1) is 0 Å². The lowest BCUT2D eigenvalue weighted by atomic mass is 9.99. The Morgan fingerprint density at radius 1 is 1.18 bits per heavy atom. The van der Waals surface area contributed by atoms with Gasteiger partial charge < -0.3 is 19.4 Å². The molecule has 0 radical (unpaired) electrons. The number of aryl methyl sites for hydroxylation is 1. The Kier molecular flexibility index (Phi) is 8.72. The van der Waals surface area contributed by atoms with Crippen LogP contribution in [0, 0.1) is 5.92 Å². The summed E-state index contributed by atoms with van der Waals surface area (Å²) in [4.78, 5) is 31.4. The molecular formula is C30H39N5O4. The first-order valence-corrected chi connectivity index (χ1v) is 13.9. The van der Waals surface area contributed by atoms with Crippen molar-refractivity contribution in [3.63, 3.8) is 0 Å². The fraction of sp³-hybridized carbons (Fsp3) is 0.500. The van der Waals surface area contributed by atoms with Gasteiger partial charge in [-0.25, -0.2) is 4.98 Å². The molecule has 2 N–H and O–H groups in total. The van der Waals surface area contributed by atoms with Crippen LogP contribution in [-0.4, -0.2) is 65.7 Å². The average molecular weight is 534 g/mol. The first-order valence-electron chi connectivity index (χ1n) is 13.9. The maximum Gasteiger partial charge on any atom is 0.243 e. The molecule has 4 heterocycles. The molecule has 0 aliphatic carbocycles. The fourth-order valence-corrected chi connectivity index (χ4v) is 5.53. The maximum absolute atomic E-state index is 12.3. The highest BCUT2D eigenvalue weighted by molar-refractivity contribution is 6.00. The van der Waals surface area contributed by atoms with Crippen molar-refractivity contribution in [3.8, 4) is 11.3 Å². The number of fused-ring (bicyclic) bond motifs is 1. The van der Waals surface area contributed by atoms with Gasteiger partial charge in [0.1, 0.15) is 5.65 Å². The number of benzene rings is 1. The highest BCUT2D eigenvalue weighted by Crippen LogP contribution is 2.29. The smallest absolute Gasteiger partial charge is 0.243 e. The zero-order valence-electron chi connectivity index (χ0n) is 23.2. The normalized spacial score (nSPS) is 20.8. The van der Waals surface area contributed by atoms with Crippen molar-refractivity contribution in [3.05, 3.63) is 53.2 Å². The summed E-state index contributed by atoms with van der Waals surface area (Å²) in [6.45, 7) is 7.59. The molecule has 2 amide bonds. The molecule has 2 aromatic heterocycles. The largest absolute Gasteiger partial charge is 0.380 e. The van der Waals surface area contributed by atoms with E-state index in [0.29, 0.717) is 31.9 Å². The second-order valence-electron chi connectivity index (χ2n) is 10.7. The summed E-state index contributed by atoms with van der Waals surface area (Å²) in [6, 6.07) is 10.3. The molecule has 2 aliphatic heterocycles. The number of hydrogen-bond acceptors (Lipinski definition) is 7. The molecule has 39 heavy (non-hydrogen) atoms. The number of pyridine rings is 1. The quantitative estimate of drug-likeness (QED) is 0.408. The van der Waals surface area contributed by atoms with Crippen molar-refractivity contribution in [1.29, 1.82) is 0 Å². The predicted octanol–water partition coefficient (Wildman–Crippen LogP) is 3.14. The van der Waals surface area contributed by atoms with Crippen LogP contribution in [-0.2, 0) is 45.8 Å². The molecule has 2 unspecified atom stereocenters. The van der Waals surface area contributed by atoms with E-state index in [4.69, 9.17) is 14.5 Å². The van der Waals surface area contributed by atoms with E-state index in [0.717, 1.165) is 67.3 Å². The SMILES string of the molecule is CCC1COCCN(Cc2cc(-c3ccc(COC)c(CNC4CCC(=O)NC4=O)c3)nc3c2ccn3C)C1. The Morgan fingerprint density at radius 2 is 2.05 bits per heavy atom. The number of nitrogens with zero attached hydrogens (tertiary/aromatic N) is 3. The number of aromatic nitrogens is 2. The average Bonchev–Trinajstić information content (AvgIpc) is 3.15. The number of methoxy groups -OCH3 is 1. The summed E-state index contributed by atoms with van der Waals surface area (Å²) in [7, 11) is 3.71. The van der Waals surface area contributed by atoms with Crippen LogP contribution in [0.2, 0.25) is 0 Å². The molecule has 2 fully saturated rings. The van der Waals surface area contributed by atoms with Crippen LogP contribution in [0.15, 0.2) is 36.5 Å². The number of nitrogens with one attached hydrogen (secondary N) is 2. The summed E-state index contributed by atoms with van der Waals surface area (Å²) in [5, 5.41) is 6.94. The van der Waals surface area contributed by atoms with Crippen molar-refractivity contribution >= 4 is 22.8 Å². The van der Waals surface area contributed by atoms with Gasteiger partial charge in [-0.3, -0.25) is 19.8 Å². The van der Waals surface area contributed by atoms with Crippen LogP contribution in [0.4, 0.5) is 0 Å². The number of carbonyl (C=O) groups is 2. The second-order valence-corrected chi connectivity index (χ2v) is 10.7. The third-order valence-corrected chi connectivity index (χ3v) is 7.90. The van der Waals surface area contributed by atoms with Crippen LogP contribution in [0.5, 0.6) is 0 Å². The van der Waals surface area contributed by atoms with Gasteiger partial charge in [-0.1, -0.05) is 19.1 Å².